The third-order valence-electron chi connectivity index (χ3n) is 7.25. The summed E-state index contributed by atoms with van der Waals surface area (Å²) in [6.45, 7) is 2.68. The summed E-state index contributed by atoms with van der Waals surface area (Å²) >= 11 is 0. The van der Waals surface area contributed by atoms with Gasteiger partial charge in [0.25, 0.3) is 0 Å². The molecule has 7 nitrogen and oxygen atoms in total. The van der Waals surface area contributed by atoms with E-state index >= 15 is 0 Å². The van der Waals surface area contributed by atoms with Gasteiger partial charge in [-0.1, -0.05) is 50.5 Å². The molecule has 0 radical (unpaired) electrons. The van der Waals surface area contributed by atoms with Crippen LogP contribution in [0, 0.1) is 5.82 Å². The van der Waals surface area contributed by atoms with Crippen LogP contribution in [0.4, 0.5) is 35.1 Å². The molecule has 272 valence electrons. The minimum atomic E-state index is -6.65. The first-order chi connectivity index (χ1) is 23.5. The number of hydrogen-bond donors (Lipinski definition) is 0. The van der Waals surface area contributed by atoms with Crippen LogP contribution in [0.5, 0.6) is 11.5 Å². The van der Waals surface area contributed by atoms with Crippen LogP contribution >= 0.6 is 0 Å². The molecule has 1 atom stereocenters. The molecule has 3 aromatic rings. The van der Waals surface area contributed by atoms with Crippen LogP contribution in [-0.4, -0.2) is 55.2 Å². The standard InChI is InChI=1S/C35H34F8O7/c1-3-4-5-6-8-22(2)49-31(45)28-18-17-27(21-29(28)36)50-30(44)25-11-9-23(10-12-25)24-13-15-26(16-14-24)47-19-7-20-48-32(46)33(37,38)34(39,40)35(41,42)43/h9-18,21-22H,3-8,19-20H2,1-2H3/t22-/m0/s1. The van der Waals surface area contributed by atoms with Crippen molar-refractivity contribution in [2.75, 3.05) is 13.2 Å². The van der Waals surface area contributed by atoms with Gasteiger partial charge in [-0.3, -0.25) is 0 Å². The lowest BCUT2D eigenvalue weighted by molar-refractivity contribution is -0.348. The highest BCUT2D eigenvalue weighted by atomic mass is 19.4. The topological polar surface area (TPSA) is 88.1 Å². The maximum Gasteiger partial charge on any atom is 0.460 e. The van der Waals surface area contributed by atoms with Gasteiger partial charge in [-0.25, -0.2) is 18.8 Å². The average Bonchev–Trinajstić information content (AvgIpc) is 3.06. The van der Waals surface area contributed by atoms with Crippen LogP contribution in [0.3, 0.4) is 0 Å². The maximum atomic E-state index is 14.7. The van der Waals surface area contributed by atoms with Gasteiger partial charge in [0, 0.05) is 12.5 Å². The lowest BCUT2D eigenvalue weighted by Crippen LogP contribution is -2.56. The molecule has 0 aliphatic rings. The van der Waals surface area contributed by atoms with Crippen molar-refractivity contribution in [1.29, 1.82) is 0 Å². The van der Waals surface area contributed by atoms with E-state index in [-0.39, 0.29) is 41.8 Å². The Hall–Kier alpha value is -4.69. The monoisotopic (exact) mass is 718 g/mol. The highest BCUT2D eigenvalue weighted by Crippen LogP contribution is 2.47. The summed E-state index contributed by atoms with van der Waals surface area (Å²) in [7, 11) is 0. The molecule has 0 unspecified atom stereocenters. The Labute approximate surface area is 282 Å². The first-order valence-corrected chi connectivity index (χ1v) is 15.5. The van der Waals surface area contributed by atoms with E-state index < -0.39 is 48.4 Å². The molecule has 3 aromatic carbocycles. The van der Waals surface area contributed by atoms with Gasteiger partial charge in [0.15, 0.2) is 0 Å². The fraction of sp³-hybridized carbons (Fsp3) is 0.400. The zero-order chi connectivity index (χ0) is 37.1. The molecule has 0 aliphatic carbocycles. The Morgan fingerprint density at radius 3 is 1.90 bits per heavy atom. The van der Waals surface area contributed by atoms with Crippen molar-refractivity contribution in [2.24, 2.45) is 0 Å². The Kier molecular flexibility index (Phi) is 13.8. The second kappa shape index (κ2) is 17.3. The summed E-state index contributed by atoms with van der Waals surface area (Å²) in [6, 6.07) is 15.9. The normalized spacial score (nSPS) is 12.6. The van der Waals surface area contributed by atoms with Crippen molar-refractivity contribution >= 4 is 17.9 Å². The van der Waals surface area contributed by atoms with Gasteiger partial charge in [-0.05, 0) is 67.3 Å². The number of carbonyl (C=O) groups excluding carboxylic acids is 3. The number of benzene rings is 3. The summed E-state index contributed by atoms with van der Waals surface area (Å²) in [6.07, 6.45) is -2.59. The van der Waals surface area contributed by atoms with Crippen LogP contribution in [0.25, 0.3) is 11.1 Å². The van der Waals surface area contributed by atoms with Gasteiger partial charge >= 0.3 is 35.9 Å². The van der Waals surface area contributed by atoms with E-state index in [4.69, 9.17) is 14.2 Å². The lowest BCUT2D eigenvalue weighted by Gasteiger charge is -2.26. The SMILES string of the molecule is CCCCCC[C@H](C)OC(=O)c1ccc(OC(=O)c2ccc(-c3ccc(OCCCOC(=O)C(F)(F)C(F)(F)C(F)(F)F)cc3)cc2)cc1F. The van der Waals surface area contributed by atoms with E-state index in [1.165, 1.54) is 36.4 Å². The highest BCUT2D eigenvalue weighted by Gasteiger charge is 2.77. The molecule has 0 fully saturated rings. The number of carbonyl (C=O) groups is 3. The molecule has 0 bridgehead atoms. The van der Waals surface area contributed by atoms with Gasteiger partial charge in [0.05, 0.1) is 30.4 Å². The molecule has 15 heteroatoms. The molecule has 0 saturated heterocycles. The van der Waals surface area contributed by atoms with E-state index in [0.717, 1.165) is 31.7 Å². The second-order valence-electron chi connectivity index (χ2n) is 11.2. The minimum Gasteiger partial charge on any atom is -0.493 e. The van der Waals surface area contributed by atoms with Crippen molar-refractivity contribution in [1.82, 2.24) is 0 Å². The number of esters is 3. The molecule has 0 N–H and O–H groups in total. The van der Waals surface area contributed by atoms with Crippen molar-refractivity contribution in [3.05, 3.63) is 83.7 Å². The quantitative estimate of drug-likeness (QED) is 0.0595. The number of halogens is 8. The summed E-state index contributed by atoms with van der Waals surface area (Å²) < 4.78 is 123. The first kappa shape index (κ1) is 39.7. The number of hydrogen-bond acceptors (Lipinski definition) is 7. The Bertz CT molecular complexity index is 1590. The zero-order valence-corrected chi connectivity index (χ0v) is 27.0. The van der Waals surface area contributed by atoms with Gasteiger partial charge in [0.1, 0.15) is 17.3 Å². The average molecular weight is 719 g/mol. The first-order valence-electron chi connectivity index (χ1n) is 15.5. The Balaban J connectivity index is 1.47. The summed E-state index contributed by atoms with van der Waals surface area (Å²) in [5.41, 5.74) is 1.22. The lowest BCUT2D eigenvalue weighted by atomic mass is 10.0. The van der Waals surface area contributed by atoms with Crippen molar-refractivity contribution in [3.63, 3.8) is 0 Å². The van der Waals surface area contributed by atoms with Crippen molar-refractivity contribution < 1.29 is 68.5 Å². The largest absolute Gasteiger partial charge is 0.493 e. The molecular formula is C35H34F8O7. The molecule has 0 aliphatic heterocycles. The Morgan fingerprint density at radius 1 is 0.720 bits per heavy atom. The van der Waals surface area contributed by atoms with Crippen LogP contribution in [0.15, 0.2) is 66.7 Å². The summed E-state index contributed by atoms with van der Waals surface area (Å²) in [5.74, 6) is -18.0. The molecule has 3 rings (SSSR count). The number of unbranched alkanes of at least 4 members (excludes halogenated alkanes) is 3. The fourth-order valence-electron chi connectivity index (χ4n) is 4.41. The maximum absolute atomic E-state index is 14.7. The van der Waals surface area contributed by atoms with Gasteiger partial charge < -0.3 is 18.9 Å². The molecule has 0 saturated carbocycles. The highest BCUT2D eigenvalue weighted by molar-refractivity contribution is 5.92. The van der Waals surface area contributed by atoms with E-state index in [1.54, 1.807) is 31.2 Å². The smallest absolute Gasteiger partial charge is 0.460 e. The molecular weight excluding hydrogens is 684 g/mol. The van der Waals surface area contributed by atoms with E-state index in [1.807, 2.05) is 0 Å². The van der Waals surface area contributed by atoms with E-state index in [2.05, 4.69) is 11.7 Å². The van der Waals surface area contributed by atoms with Crippen LogP contribution in [0.2, 0.25) is 0 Å². The summed E-state index contributed by atoms with van der Waals surface area (Å²) in [5, 5.41) is 0. The van der Waals surface area contributed by atoms with Crippen LogP contribution < -0.4 is 9.47 Å². The molecule has 0 aromatic heterocycles. The van der Waals surface area contributed by atoms with E-state index in [0.29, 0.717) is 17.5 Å². The molecule has 50 heavy (non-hydrogen) atoms. The number of rotatable bonds is 17. The van der Waals surface area contributed by atoms with Crippen LogP contribution in [0.1, 0.15) is 73.1 Å². The summed E-state index contributed by atoms with van der Waals surface area (Å²) in [4.78, 5) is 36.2. The molecule has 0 amide bonds. The number of alkyl halides is 7. The van der Waals surface area contributed by atoms with Gasteiger partial charge in [-0.2, -0.15) is 30.7 Å². The molecule has 0 heterocycles. The van der Waals surface area contributed by atoms with E-state index in [9.17, 15) is 49.5 Å². The third kappa shape index (κ3) is 10.4. The zero-order valence-electron chi connectivity index (χ0n) is 27.0. The van der Waals surface area contributed by atoms with Crippen molar-refractivity contribution in [3.8, 4) is 22.6 Å². The second-order valence-corrected chi connectivity index (χ2v) is 11.2. The predicted octanol–water partition coefficient (Wildman–Crippen LogP) is 9.37. The minimum absolute atomic E-state index is 0.115. The fourth-order valence-corrected chi connectivity index (χ4v) is 4.41. The van der Waals surface area contributed by atoms with Gasteiger partial charge in [0.2, 0.25) is 0 Å². The third-order valence-corrected chi connectivity index (χ3v) is 7.25. The Morgan fingerprint density at radius 2 is 1.32 bits per heavy atom. The van der Waals surface area contributed by atoms with Crippen molar-refractivity contribution in [2.45, 2.75) is 76.5 Å². The molecule has 0 spiro atoms. The number of ether oxygens (including phenoxy) is 4. The predicted molar refractivity (Wildman–Crippen MR) is 164 cm³/mol. The van der Waals surface area contributed by atoms with Crippen LogP contribution in [-0.2, 0) is 14.3 Å². The van der Waals surface area contributed by atoms with Gasteiger partial charge in [-0.15, -0.1) is 0 Å².